The number of nitrogens with one attached hydrogen (secondary N) is 1. The van der Waals surface area contributed by atoms with Gasteiger partial charge < -0.3 is 15.0 Å². The highest BCUT2D eigenvalue weighted by molar-refractivity contribution is 8.00. The van der Waals surface area contributed by atoms with Crippen molar-refractivity contribution in [2.75, 3.05) is 30.3 Å². The molecule has 1 N–H and O–H groups in total. The Labute approximate surface area is 160 Å². The third-order valence-electron chi connectivity index (χ3n) is 4.06. The average Bonchev–Trinajstić information content (AvgIpc) is 2.56. The molecule has 144 valence electrons. The number of carbonyl (C=O) groups excluding carboxylic acids is 2. The molecule has 26 heavy (non-hydrogen) atoms. The molecule has 0 unspecified atom stereocenters. The molecule has 0 saturated heterocycles. The first-order valence-electron chi connectivity index (χ1n) is 9.18. The molecule has 0 bridgehead atoms. The Morgan fingerprint density at radius 1 is 1.38 bits per heavy atom. The summed E-state index contributed by atoms with van der Waals surface area (Å²) in [5, 5.41) is 3.82. The predicted molar refractivity (Wildman–Crippen MR) is 105 cm³/mol. The molecule has 0 fully saturated rings. The summed E-state index contributed by atoms with van der Waals surface area (Å²) in [7, 11) is 0. The fourth-order valence-electron chi connectivity index (χ4n) is 2.90. The minimum absolute atomic E-state index is 0.0207. The summed E-state index contributed by atoms with van der Waals surface area (Å²) in [4.78, 5) is 30.6. The number of aromatic nitrogens is 1. The summed E-state index contributed by atoms with van der Waals surface area (Å²) < 4.78 is 5.45. The van der Waals surface area contributed by atoms with Crippen LogP contribution in [0, 0.1) is 13.8 Å². The first kappa shape index (κ1) is 20.7. The number of hydrogen-bond donors (Lipinski definition) is 1. The summed E-state index contributed by atoms with van der Waals surface area (Å²) in [6.07, 6.45) is 2.08. The fraction of sp³-hybridized carbons (Fsp3) is 0.632. The Balaban J connectivity index is 1.79. The molecule has 2 rings (SSSR count). The topological polar surface area (TPSA) is 71.5 Å². The lowest BCUT2D eigenvalue weighted by atomic mass is 10.1. The van der Waals surface area contributed by atoms with E-state index < -0.39 is 0 Å². The smallest absolute Gasteiger partial charge is 0.237 e. The highest BCUT2D eigenvalue weighted by atomic mass is 32.2. The van der Waals surface area contributed by atoms with E-state index in [0.717, 1.165) is 28.4 Å². The van der Waals surface area contributed by atoms with Crippen LogP contribution in [0.3, 0.4) is 0 Å². The number of amides is 2. The molecule has 1 aliphatic heterocycles. The van der Waals surface area contributed by atoms with Crippen LogP contribution in [0.5, 0.6) is 0 Å². The highest BCUT2D eigenvalue weighted by Gasteiger charge is 2.27. The van der Waals surface area contributed by atoms with Crippen molar-refractivity contribution >= 4 is 29.3 Å². The Morgan fingerprint density at radius 3 is 2.88 bits per heavy atom. The minimum atomic E-state index is 0.0207. The van der Waals surface area contributed by atoms with Gasteiger partial charge in [-0.1, -0.05) is 11.8 Å². The SMILES string of the molecule is Cc1cc(C)c2c(n1)SCC(=O)N2CCCC(=O)NCCCOC(C)C. The zero-order valence-corrected chi connectivity index (χ0v) is 16.9. The van der Waals surface area contributed by atoms with Gasteiger partial charge in [0.15, 0.2) is 0 Å². The normalized spacial score (nSPS) is 13.9. The van der Waals surface area contributed by atoms with Gasteiger partial charge in [-0.25, -0.2) is 4.98 Å². The molecule has 0 saturated carbocycles. The fourth-order valence-corrected chi connectivity index (χ4v) is 3.93. The third kappa shape index (κ3) is 5.99. The number of aryl methyl sites for hydroxylation is 2. The van der Waals surface area contributed by atoms with Crippen LogP contribution < -0.4 is 10.2 Å². The molecule has 0 radical (unpaired) electrons. The van der Waals surface area contributed by atoms with Crippen LogP contribution in [-0.2, 0) is 14.3 Å². The average molecular weight is 380 g/mol. The lowest BCUT2D eigenvalue weighted by Crippen LogP contribution is -2.37. The number of ether oxygens (including phenoxy) is 1. The lowest BCUT2D eigenvalue weighted by Gasteiger charge is -2.30. The molecule has 0 aromatic carbocycles. The van der Waals surface area contributed by atoms with Crippen molar-refractivity contribution in [3.8, 4) is 0 Å². The highest BCUT2D eigenvalue weighted by Crippen LogP contribution is 2.36. The number of anilines is 1. The molecule has 0 aliphatic carbocycles. The van der Waals surface area contributed by atoms with Crippen LogP contribution in [0.1, 0.15) is 44.4 Å². The van der Waals surface area contributed by atoms with E-state index in [0.29, 0.717) is 38.3 Å². The third-order valence-corrected chi connectivity index (χ3v) is 5.01. The van der Waals surface area contributed by atoms with Gasteiger partial charge in [0, 0.05) is 31.8 Å². The van der Waals surface area contributed by atoms with Gasteiger partial charge in [0.2, 0.25) is 11.8 Å². The van der Waals surface area contributed by atoms with Gasteiger partial charge in [-0.15, -0.1) is 0 Å². The molecule has 1 aromatic heterocycles. The first-order chi connectivity index (χ1) is 12.4. The van der Waals surface area contributed by atoms with E-state index in [4.69, 9.17) is 4.74 Å². The van der Waals surface area contributed by atoms with E-state index >= 15 is 0 Å². The van der Waals surface area contributed by atoms with Crippen molar-refractivity contribution < 1.29 is 14.3 Å². The molecule has 2 amide bonds. The quantitative estimate of drug-likeness (QED) is 0.668. The zero-order chi connectivity index (χ0) is 19.1. The van der Waals surface area contributed by atoms with Crippen molar-refractivity contribution in [2.45, 2.75) is 58.1 Å². The van der Waals surface area contributed by atoms with Gasteiger partial charge in [-0.2, -0.15) is 0 Å². The molecular formula is C19H29N3O3S. The second kappa shape index (κ2) is 9.92. The molecule has 0 spiro atoms. The Bertz CT molecular complexity index is 649. The first-order valence-corrected chi connectivity index (χ1v) is 10.2. The molecule has 2 heterocycles. The van der Waals surface area contributed by atoms with E-state index in [9.17, 15) is 9.59 Å². The number of pyridine rings is 1. The largest absolute Gasteiger partial charge is 0.379 e. The van der Waals surface area contributed by atoms with Crippen LogP contribution in [0.4, 0.5) is 5.69 Å². The summed E-state index contributed by atoms with van der Waals surface area (Å²) in [5.41, 5.74) is 2.93. The Morgan fingerprint density at radius 2 is 2.15 bits per heavy atom. The monoisotopic (exact) mass is 379 g/mol. The lowest BCUT2D eigenvalue weighted by molar-refractivity contribution is -0.121. The number of nitrogens with zero attached hydrogens (tertiary/aromatic N) is 2. The molecule has 6 nitrogen and oxygen atoms in total. The number of thioether (sulfide) groups is 1. The van der Waals surface area contributed by atoms with Crippen LogP contribution in [0.25, 0.3) is 0 Å². The Hall–Kier alpha value is -1.60. The van der Waals surface area contributed by atoms with E-state index in [1.807, 2.05) is 33.8 Å². The van der Waals surface area contributed by atoms with Gasteiger partial charge in [-0.3, -0.25) is 9.59 Å². The van der Waals surface area contributed by atoms with Crippen molar-refractivity contribution in [3.05, 3.63) is 17.3 Å². The molecule has 1 aliphatic rings. The number of rotatable bonds is 9. The standard InChI is InChI=1S/C19H29N3O3S/c1-13(2)25-10-6-8-20-16(23)7-5-9-22-17(24)12-26-19-18(22)14(3)11-15(4)21-19/h11,13H,5-10,12H2,1-4H3,(H,20,23). The predicted octanol–water partition coefficient (Wildman–Crippen LogP) is 2.85. The Kier molecular flexibility index (Phi) is 7.90. The van der Waals surface area contributed by atoms with E-state index in [1.165, 1.54) is 11.8 Å². The van der Waals surface area contributed by atoms with Crippen molar-refractivity contribution in [1.29, 1.82) is 0 Å². The summed E-state index contributed by atoms with van der Waals surface area (Å²) in [6.45, 7) is 9.78. The van der Waals surface area contributed by atoms with Crippen molar-refractivity contribution in [3.63, 3.8) is 0 Å². The summed E-state index contributed by atoms with van der Waals surface area (Å²) in [6, 6.07) is 2.00. The minimum Gasteiger partial charge on any atom is -0.379 e. The maximum absolute atomic E-state index is 12.3. The molecule has 0 atom stereocenters. The second-order valence-electron chi connectivity index (χ2n) is 6.79. The van der Waals surface area contributed by atoms with Crippen molar-refractivity contribution in [2.24, 2.45) is 0 Å². The summed E-state index contributed by atoms with van der Waals surface area (Å²) >= 11 is 1.49. The van der Waals surface area contributed by atoms with Crippen LogP contribution in [0.15, 0.2) is 11.1 Å². The van der Waals surface area contributed by atoms with Gasteiger partial charge >= 0.3 is 0 Å². The van der Waals surface area contributed by atoms with Crippen LogP contribution in [0.2, 0.25) is 0 Å². The van der Waals surface area contributed by atoms with Crippen LogP contribution in [-0.4, -0.2) is 48.4 Å². The maximum atomic E-state index is 12.3. The maximum Gasteiger partial charge on any atom is 0.237 e. The molecule has 7 heteroatoms. The van der Waals surface area contributed by atoms with Crippen LogP contribution >= 0.6 is 11.8 Å². The molecule has 1 aromatic rings. The molecular weight excluding hydrogens is 350 g/mol. The number of fused-ring (bicyclic) bond motifs is 1. The number of carbonyl (C=O) groups is 2. The summed E-state index contributed by atoms with van der Waals surface area (Å²) in [5.74, 6) is 0.514. The van der Waals surface area contributed by atoms with Gasteiger partial charge in [0.25, 0.3) is 0 Å². The number of hydrogen-bond acceptors (Lipinski definition) is 5. The van der Waals surface area contributed by atoms with Gasteiger partial charge in [0.05, 0.1) is 17.5 Å². The van der Waals surface area contributed by atoms with Gasteiger partial charge in [0.1, 0.15) is 5.03 Å². The van der Waals surface area contributed by atoms with E-state index in [1.54, 1.807) is 4.90 Å². The van der Waals surface area contributed by atoms with E-state index in [2.05, 4.69) is 10.3 Å². The second-order valence-corrected chi connectivity index (χ2v) is 7.76. The van der Waals surface area contributed by atoms with Gasteiger partial charge in [-0.05, 0) is 52.2 Å². The van der Waals surface area contributed by atoms with Crippen molar-refractivity contribution in [1.82, 2.24) is 10.3 Å². The zero-order valence-electron chi connectivity index (χ0n) is 16.1. The van der Waals surface area contributed by atoms with E-state index in [-0.39, 0.29) is 17.9 Å².